The van der Waals surface area contributed by atoms with Gasteiger partial charge in [0.2, 0.25) is 0 Å². The fourth-order valence-electron chi connectivity index (χ4n) is 0.418. The van der Waals surface area contributed by atoms with Crippen LogP contribution in [0.1, 0.15) is 19.8 Å². The van der Waals surface area contributed by atoms with Crippen LogP contribution in [0, 0.1) is 0 Å². The van der Waals surface area contributed by atoms with Crippen molar-refractivity contribution in [2.75, 3.05) is 0 Å². The highest BCUT2D eigenvalue weighted by atomic mass is 13.7. The Bertz CT molecular complexity index is 26.1. The molecule has 34 valence electrons. The van der Waals surface area contributed by atoms with E-state index in [1.54, 1.807) is 7.06 Å². The molecule has 0 aliphatic heterocycles. The van der Waals surface area contributed by atoms with Gasteiger partial charge < -0.3 is 0 Å². The first-order valence-corrected chi connectivity index (χ1v) is 2.78. The van der Waals surface area contributed by atoms with Gasteiger partial charge in [0.1, 0.15) is 0 Å². The summed E-state index contributed by atoms with van der Waals surface area (Å²) in [4.78, 5) is 0. The van der Waals surface area contributed by atoms with E-state index in [9.17, 15) is 0 Å². The van der Waals surface area contributed by atoms with Crippen molar-refractivity contribution in [3.63, 3.8) is 0 Å². The highest BCUT2D eigenvalue weighted by Gasteiger charge is 1.82. The summed E-state index contributed by atoms with van der Waals surface area (Å²) in [6.07, 6.45) is 3.64. The van der Waals surface area contributed by atoms with E-state index in [0.717, 1.165) is 6.32 Å². The van der Waals surface area contributed by atoms with Crippen molar-refractivity contribution in [2.24, 2.45) is 0 Å². The van der Waals surface area contributed by atoms with Crippen LogP contribution in [-0.2, 0) is 0 Å². The van der Waals surface area contributed by atoms with Gasteiger partial charge >= 0.3 is 0 Å². The maximum absolute atomic E-state index is 5.09. The minimum atomic E-state index is 1.13. The van der Waals surface area contributed by atoms with Crippen molar-refractivity contribution in [1.29, 1.82) is 0 Å². The molecule has 0 saturated heterocycles. The average molecular weight is 89.6 g/mol. The molecule has 0 spiro atoms. The van der Waals surface area contributed by atoms with Gasteiger partial charge in [-0.3, -0.25) is 0 Å². The van der Waals surface area contributed by atoms with Gasteiger partial charge in [-0.25, -0.2) is 0 Å². The molecule has 0 amide bonds. The molecule has 0 rings (SSSR count). The molecule has 0 atom stereocenters. The first kappa shape index (κ1) is 7.19. The number of rotatable bonds is 4. The summed E-state index contributed by atoms with van der Waals surface area (Å²) in [7, 11) is 8.69. The summed E-state index contributed by atoms with van der Waals surface area (Å²) in [6.45, 7) is 2.17. The highest BCUT2D eigenvalue weighted by Crippen LogP contribution is 1.90. The predicted octanol–water partition coefficient (Wildman–Crippen LogP) is 0.612. The molecule has 0 unspecified atom stereocenters. The predicted molar refractivity (Wildman–Crippen MR) is 37.0 cm³/mol. The monoisotopic (exact) mass is 90.1 g/mol. The van der Waals surface area contributed by atoms with E-state index in [1.807, 2.05) is 7.17 Å². The molecule has 3 heteroatoms. The Balaban J connectivity index is 2.45. The zero-order chi connectivity index (χ0) is 5.54. The molecule has 0 aromatic carbocycles. The lowest BCUT2D eigenvalue weighted by Gasteiger charge is -1.88. The third-order valence-corrected chi connectivity index (χ3v) is 0.860. The molecule has 0 aromatic rings. The van der Waals surface area contributed by atoms with Crippen molar-refractivity contribution in [3.8, 4) is 0 Å². The summed E-state index contributed by atoms with van der Waals surface area (Å²) >= 11 is 0. The molecule has 0 saturated carbocycles. The molecule has 0 bridgehead atoms. The molecular formula is C4H9B3. The van der Waals surface area contributed by atoms with Gasteiger partial charge in [0.05, 0.1) is 7.17 Å². The zero-order valence-electron chi connectivity index (χ0n) is 4.85. The van der Waals surface area contributed by atoms with E-state index in [2.05, 4.69) is 6.92 Å². The van der Waals surface area contributed by atoms with E-state index < -0.39 is 0 Å². The SMILES string of the molecule is [B][B][B]CCCC. The first-order valence-electron chi connectivity index (χ1n) is 2.78. The molecule has 0 fully saturated rings. The van der Waals surface area contributed by atoms with E-state index in [1.165, 1.54) is 12.8 Å². The van der Waals surface area contributed by atoms with E-state index in [4.69, 9.17) is 7.74 Å². The third kappa shape index (κ3) is 6.19. The van der Waals surface area contributed by atoms with Gasteiger partial charge in [-0.15, -0.1) is 0 Å². The Morgan fingerprint density at radius 3 is 2.71 bits per heavy atom. The van der Waals surface area contributed by atoms with Crippen molar-refractivity contribution in [3.05, 3.63) is 0 Å². The van der Waals surface area contributed by atoms with Crippen LogP contribution in [0.2, 0.25) is 6.32 Å². The van der Waals surface area contributed by atoms with Gasteiger partial charge in [0, 0.05) is 14.8 Å². The molecular weight excluding hydrogens is 80.5 g/mol. The summed E-state index contributed by atoms with van der Waals surface area (Å²) in [5.41, 5.74) is 0. The molecule has 0 aliphatic rings. The fraction of sp³-hybridized carbons (Fsp3) is 1.00. The van der Waals surface area contributed by atoms with Crippen LogP contribution in [0.5, 0.6) is 0 Å². The van der Waals surface area contributed by atoms with Crippen molar-refractivity contribution in [1.82, 2.24) is 0 Å². The molecule has 0 aliphatic carbocycles. The summed E-state index contributed by atoms with van der Waals surface area (Å²) in [6, 6.07) is 0. The lowest BCUT2D eigenvalue weighted by Crippen LogP contribution is -2.00. The first-order chi connectivity index (χ1) is 3.41. The van der Waals surface area contributed by atoms with Crippen LogP contribution >= 0.6 is 0 Å². The van der Waals surface area contributed by atoms with E-state index in [0.29, 0.717) is 0 Å². The summed E-state index contributed by atoms with van der Waals surface area (Å²) in [5, 5.41) is 0. The second-order valence-electron chi connectivity index (χ2n) is 1.57. The smallest absolute Gasteiger partial charge is 0.0544 e. The van der Waals surface area contributed by atoms with E-state index >= 15 is 0 Å². The summed E-state index contributed by atoms with van der Waals surface area (Å²) in [5.74, 6) is 0. The Morgan fingerprint density at radius 1 is 1.57 bits per heavy atom. The lowest BCUT2D eigenvalue weighted by atomic mass is 9.27. The lowest BCUT2D eigenvalue weighted by molar-refractivity contribution is 0.882. The Hall–Kier alpha value is 0.195. The molecule has 7 heavy (non-hydrogen) atoms. The zero-order valence-corrected chi connectivity index (χ0v) is 4.85. The fourth-order valence-corrected chi connectivity index (χ4v) is 0.418. The molecule has 0 N–H and O–H groups in total. The number of hydrogen-bond donors (Lipinski definition) is 0. The topological polar surface area (TPSA) is 0 Å². The quantitative estimate of drug-likeness (QED) is 0.350. The van der Waals surface area contributed by atoms with Crippen LogP contribution in [0.4, 0.5) is 0 Å². The Labute approximate surface area is 48.9 Å². The Morgan fingerprint density at radius 2 is 2.29 bits per heavy atom. The molecule has 0 nitrogen and oxygen atoms in total. The van der Waals surface area contributed by atoms with Crippen molar-refractivity contribution >= 4 is 22.0 Å². The molecule has 4 radical (unpaired) electrons. The number of hydrogen-bond acceptors (Lipinski definition) is 0. The van der Waals surface area contributed by atoms with Gasteiger partial charge in [0.15, 0.2) is 0 Å². The van der Waals surface area contributed by atoms with Gasteiger partial charge in [0.25, 0.3) is 0 Å². The second-order valence-corrected chi connectivity index (χ2v) is 1.57. The third-order valence-electron chi connectivity index (χ3n) is 0.860. The van der Waals surface area contributed by atoms with Crippen LogP contribution in [-0.4, -0.2) is 22.0 Å². The maximum atomic E-state index is 5.09. The van der Waals surface area contributed by atoms with Gasteiger partial charge in [-0.05, 0) is 0 Å². The van der Waals surface area contributed by atoms with Crippen LogP contribution in [0.25, 0.3) is 0 Å². The number of unbranched alkanes of at least 4 members (excludes halogenated alkanes) is 1. The molecule has 0 heterocycles. The second kappa shape index (κ2) is 6.19. The normalized spacial score (nSPS) is 8.14. The standard InChI is InChI=1S/C4H9B3/c1-2-3-4-6-7-5/h2-4H2,1H3. The highest BCUT2D eigenvalue weighted by molar-refractivity contribution is 7.23. The van der Waals surface area contributed by atoms with E-state index in [-0.39, 0.29) is 0 Å². The summed E-state index contributed by atoms with van der Waals surface area (Å²) < 4.78 is 0. The van der Waals surface area contributed by atoms with Crippen LogP contribution in [0.3, 0.4) is 0 Å². The van der Waals surface area contributed by atoms with Gasteiger partial charge in [-0.2, -0.15) is 0 Å². The minimum Gasteiger partial charge on any atom is -0.0895 e. The largest absolute Gasteiger partial charge is 0.0895 e. The Kier molecular flexibility index (Phi) is 6.37. The maximum Gasteiger partial charge on any atom is 0.0544 e. The minimum absolute atomic E-state index is 1.13. The van der Waals surface area contributed by atoms with Crippen LogP contribution < -0.4 is 0 Å². The van der Waals surface area contributed by atoms with Crippen LogP contribution in [0.15, 0.2) is 0 Å². The van der Waals surface area contributed by atoms with Crippen molar-refractivity contribution < 1.29 is 0 Å². The van der Waals surface area contributed by atoms with Gasteiger partial charge in [-0.1, -0.05) is 26.1 Å². The molecule has 0 aromatic heterocycles. The average Bonchev–Trinajstić information content (AvgIpc) is 1.69. The van der Waals surface area contributed by atoms with Crippen molar-refractivity contribution in [2.45, 2.75) is 26.1 Å².